The Labute approximate surface area is 150 Å². The van der Waals surface area contributed by atoms with Gasteiger partial charge >= 0.3 is 0 Å². The Morgan fingerprint density at radius 3 is 2.65 bits per heavy atom. The van der Waals surface area contributed by atoms with E-state index in [1.54, 1.807) is 25.1 Å². The molecular weight excluding hydrogens is 328 g/mol. The lowest BCUT2D eigenvalue weighted by Gasteiger charge is -2.13. The number of allylic oxidation sites excluding steroid dienone is 6. The minimum absolute atomic E-state index is 0.00390. The van der Waals surface area contributed by atoms with E-state index in [4.69, 9.17) is 16.7 Å². The Kier molecular flexibility index (Phi) is 14.0. The van der Waals surface area contributed by atoms with Crippen LogP contribution >= 0.6 is 23.4 Å². The van der Waals surface area contributed by atoms with Crippen LogP contribution in [0.5, 0.6) is 0 Å². The predicted octanol–water partition coefficient (Wildman–Crippen LogP) is 5.00. The van der Waals surface area contributed by atoms with Crippen molar-refractivity contribution in [1.29, 1.82) is 0 Å². The number of nitrogens with one attached hydrogen (secondary N) is 1. The first-order valence-corrected chi connectivity index (χ1v) is 9.18. The first kappa shape index (κ1) is 22.0. The molecule has 0 fully saturated rings. The van der Waals surface area contributed by atoms with Crippen LogP contribution in [0.25, 0.3) is 0 Å². The van der Waals surface area contributed by atoms with Crippen LogP contribution in [0.3, 0.4) is 0 Å². The minimum Gasteiger partial charge on any atom is -0.396 e. The van der Waals surface area contributed by atoms with Gasteiger partial charge in [-0.1, -0.05) is 49.1 Å². The van der Waals surface area contributed by atoms with Crippen molar-refractivity contribution in [2.45, 2.75) is 45.4 Å². The number of alkyl halides is 1. The van der Waals surface area contributed by atoms with Crippen LogP contribution in [-0.2, 0) is 0 Å². The van der Waals surface area contributed by atoms with Gasteiger partial charge in [-0.3, -0.25) is 4.99 Å². The normalized spacial score (nSPS) is 15.7. The van der Waals surface area contributed by atoms with Gasteiger partial charge < -0.3 is 10.4 Å². The number of aliphatic hydroxyl groups excluding tert-OH is 1. The smallest absolute Gasteiger partial charge is 0.0862 e. The van der Waals surface area contributed by atoms with E-state index in [9.17, 15) is 0 Å². The van der Waals surface area contributed by atoms with E-state index in [1.807, 2.05) is 26.0 Å². The third-order valence-corrected chi connectivity index (χ3v) is 4.01. The zero-order valence-electron chi connectivity index (χ0n) is 14.6. The van der Waals surface area contributed by atoms with Crippen molar-refractivity contribution in [1.82, 2.24) is 5.32 Å². The largest absolute Gasteiger partial charge is 0.396 e. The van der Waals surface area contributed by atoms with Crippen LogP contribution in [0.1, 0.15) is 40.0 Å². The van der Waals surface area contributed by atoms with E-state index in [2.05, 4.69) is 35.5 Å². The molecule has 0 spiro atoms. The third kappa shape index (κ3) is 11.2. The molecule has 23 heavy (non-hydrogen) atoms. The topological polar surface area (TPSA) is 44.6 Å². The van der Waals surface area contributed by atoms with Gasteiger partial charge in [0.2, 0.25) is 0 Å². The number of hydrogen-bond acceptors (Lipinski definition) is 3. The van der Waals surface area contributed by atoms with Crippen molar-refractivity contribution in [2.24, 2.45) is 4.99 Å². The van der Waals surface area contributed by atoms with E-state index in [1.165, 1.54) is 0 Å². The Hall–Kier alpha value is -0.970. The zero-order valence-corrected chi connectivity index (χ0v) is 16.1. The molecule has 0 bridgehead atoms. The van der Waals surface area contributed by atoms with Crippen molar-refractivity contribution < 1.29 is 5.11 Å². The molecule has 0 aliphatic rings. The van der Waals surface area contributed by atoms with Gasteiger partial charge in [0.25, 0.3) is 0 Å². The highest BCUT2D eigenvalue weighted by molar-refractivity contribution is 8.07. The zero-order chi connectivity index (χ0) is 17.5. The summed E-state index contributed by atoms with van der Waals surface area (Å²) in [5.74, 6) is 0. The average Bonchev–Trinajstić information content (AvgIpc) is 2.52. The summed E-state index contributed by atoms with van der Waals surface area (Å²) in [6.45, 7) is 6.23. The number of halogens is 1. The van der Waals surface area contributed by atoms with E-state index in [-0.39, 0.29) is 12.0 Å². The van der Waals surface area contributed by atoms with Crippen LogP contribution in [0.15, 0.2) is 50.9 Å². The molecule has 1 unspecified atom stereocenters. The molecule has 0 aliphatic heterocycles. The van der Waals surface area contributed by atoms with Gasteiger partial charge in [-0.05, 0) is 33.1 Å². The van der Waals surface area contributed by atoms with Gasteiger partial charge in [-0.2, -0.15) is 0 Å². The van der Waals surface area contributed by atoms with Crippen molar-refractivity contribution >= 4 is 29.7 Å². The van der Waals surface area contributed by atoms with E-state index < -0.39 is 0 Å². The molecule has 3 nitrogen and oxygen atoms in total. The molecule has 0 saturated carbocycles. The van der Waals surface area contributed by atoms with Crippen molar-refractivity contribution in [2.75, 3.05) is 13.7 Å². The molecule has 5 heteroatoms. The van der Waals surface area contributed by atoms with Crippen molar-refractivity contribution in [3.8, 4) is 0 Å². The number of rotatable bonds is 11. The summed E-state index contributed by atoms with van der Waals surface area (Å²) in [7, 11) is 1.73. The summed E-state index contributed by atoms with van der Waals surface area (Å²) in [4.78, 5) is 6.26. The highest BCUT2D eigenvalue weighted by Crippen LogP contribution is 2.31. The molecule has 0 saturated heterocycles. The highest BCUT2D eigenvalue weighted by Gasteiger charge is 2.07. The minimum atomic E-state index is 0.00390. The van der Waals surface area contributed by atoms with E-state index >= 15 is 0 Å². The molecule has 2 N–H and O–H groups in total. The Bertz CT molecular complexity index is 466. The van der Waals surface area contributed by atoms with Gasteiger partial charge in [0, 0.05) is 34.5 Å². The number of aliphatic hydroxyl groups is 1. The van der Waals surface area contributed by atoms with Gasteiger partial charge in [-0.25, -0.2) is 0 Å². The van der Waals surface area contributed by atoms with E-state index in [0.29, 0.717) is 6.42 Å². The molecule has 0 aromatic carbocycles. The van der Waals surface area contributed by atoms with Crippen molar-refractivity contribution in [3.63, 3.8) is 0 Å². The Morgan fingerprint density at radius 2 is 2.13 bits per heavy atom. The first-order valence-electron chi connectivity index (χ1n) is 7.93. The van der Waals surface area contributed by atoms with Crippen LogP contribution < -0.4 is 5.32 Å². The van der Waals surface area contributed by atoms with Gasteiger partial charge in [0.15, 0.2) is 0 Å². The fourth-order valence-corrected chi connectivity index (χ4v) is 2.92. The second kappa shape index (κ2) is 14.6. The molecule has 0 aromatic rings. The van der Waals surface area contributed by atoms with Crippen LogP contribution in [0, 0.1) is 0 Å². The Balaban J connectivity index is 5.49. The number of hydrogen-bond donors (Lipinski definition) is 2. The summed E-state index contributed by atoms with van der Waals surface area (Å²) in [6, 6.07) is 0. The number of nitrogens with zero attached hydrogens (tertiary/aromatic N) is 1. The first-order chi connectivity index (χ1) is 11.1. The van der Waals surface area contributed by atoms with Crippen LogP contribution in [0.2, 0.25) is 0 Å². The van der Waals surface area contributed by atoms with Crippen LogP contribution in [-0.4, -0.2) is 30.5 Å². The monoisotopic (exact) mass is 356 g/mol. The van der Waals surface area contributed by atoms with Crippen molar-refractivity contribution in [3.05, 3.63) is 45.9 Å². The predicted molar refractivity (Wildman–Crippen MR) is 106 cm³/mol. The Morgan fingerprint density at radius 1 is 1.39 bits per heavy atom. The molecule has 0 rings (SSSR count). The van der Waals surface area contributed by atoms with E-state index in [0.717, 1.165) is 28.3 Å². The third-order valence-electron chi connectivity index (χ3n) is 2.73. The lowest BCUT2D eigenvalue weighted by molar-refractivity contribution is 0.288. The summed E-state index contributed by atoms with van der Waals surface area (Å²) in [5.41, 5.74) is 1.06. The number of thioether (sulfide) groups is 1. The molecule has 0 radical (unpaired) electrons. The average molecular weight is 357 g/mol. The molecule has 0 heterocycles. The second-order valence-corrected chi connectivity index (χ2v) is 6.66. The molecule has 0 amide bonds. The summed E-state index contributed by atoms with van der Waals surface area (Å²) in [5, 5.41) is 12.4. The maximum absolute atomic E-state index is 9.12. The summed E-state index contributed by atoms with van der Waals surface area (Å²) in [6.07, 6.45) is 14.4. The quantitative estimate of drug-likeness (QED) is 0.237. The second-order valence-electron chi connectivity index (χ2n) is 4.86. The molecule has 130 valence electrons. The summed E-state index contributed by atoms with van der Waals surface area (Å²) >= 11 is 7.71. The lowest BCUT2D eigenvalue weighted by Crippen LogP contribution is -2.13. The fourth-order valence-electron chi connectivity index (χ4n) is 1.71. The van der Waals surface area contributed by atoms with Gasteiger partial charge in [-0.15, -0.1) is 11.6 Å². The molecule has 0 aliphatic carbocycles. The van der Waals surface area contributed by atoms with Gasteiger partial charge in [0.1, 0.15) is 0 Å². The molecule has 0 aromatic heterocycles. The standard InChI is InChI=1S/C18H29ClN2OS/c1-5-8-16(12-11-15(3)19)23-18(9-6-2)17(10-7-13-22)21-14-20-4/h6,8-9,11-12,14-15,22H,5,7,10,13H2,1-4H3,(H,20,21)/b9-6+,12-11-,16-8+,18-17+. The lowest BCUT2D eigenvalue weighted by atomic mass is 10.2. The van der Waals surface area contributed by atoms with Gasteiger partial charge in [0.05, 0.1) is 6.34 Å². The summed E-state index contributed by atoms with van der Waals surface area (Å²) < 4.78 is 0. The highest BCUT2D eigenvalue weighted by atomic mass is 35.5. The molecule has 1 atom stereocenters. The number of aliphatic imine (C=N–C) groups is 1. The maximum Gasteiger partial charge on any atom is 0.0862 e. The molecular formula is C18H29ClN2OS. The maximum atomic E-state index is 9.12. The SMILES string of the molecule is C/C=C/C(SC(/C=C\C(C)Cl)=C/CC)=C(/CCCO)NC=NC. The fraction of sp³-hybridized carbons (Fsp3) is 0.500. The van der Waals surface area contributed by atoms with Crippen LogP contribution in [0.4, 0.5) is 0 Å².